The van der Waals surface area contributed by atoms with E-state index in [0.717, 1.165) is 35.6 Å². The number of aryl methyl sites for hydroxylation is 1. The zero-order valence-electron chi connectivity index (χ0n) is 24.6. The van der Waals surface area contributed by atoms with Gasteiger partial charge in [-0.3, -0.25) is 13.9 Å². The summed E-state index contributed by atoms with van der Waals surface area (Å²) in [5.41, 5.74) is 1.61. The fourth-order valence-electron chi connectivity index (χ4n) is 5.27. The minimum Gasteiger partial charge on any atom is -0.497 e. The summed E-state index contributed by atoms with van der Waals surface area (Å²) < 4.78 is 34.5. The average molecular weight is 647 g/mol. The highest BCUT2D eigenvalue weighted by Crippen LogP contribution is 2.30. The van der Waals surface area contributed by atoms with Crippen LogP contribution in [0.1, 0.15) is 50.2 Å². The van der Waals surface area contributed by atoms with Gasteiger partial charge in [0, 0.05) is 34.3 Å². The maximum Gasteiger partial charge on any atom is 0.264 e. The van der Waals surface area contributed by atoms with Gasteiger partial charge in [-0.15, -0.1) is 0 Å². The molecule has 0 heterocycles. The Morgan fingerprint density at radius 1 is 1.00 bits per heavy atom. The van der Waals surface area contributed by atoms with Gasteiger partial charge in [-0.1, -0.05) is 72.8 Å². The maximum absolute atomic E-state index is 14.3. The Hall–Kier alpha value is -3.27. The number of rotatable bonds is 12. The number of anilines is 1. The Labute approximate surface area is 264 Å². The van der Waals surface area contributed by atoms with E-state index in [0.29, 0.717) is 27.8 Å². The van der Waals surface area contributed by atoms with Gasteiger partial charge in [-0.2, -0.15) is 0 Å². The molecule has 1 aliphatic carbocycles. The van der Waals surface area contributed by atoms with Crippen LogP contribution in [0.5, 0.6) is 5.75 Å². The number of benzene rings is 3. The Kier molecular flexibility index (Phi) is 11.0. The van der Waals surface area contributed by atoms with E-state index in [1.165, 1.54) is 24.1 Å². The number of carbonyl (C=O) groups excluding carboxylic acids is 2. The lowest BCUT2D eigenvalue weighted by Crippen LogP contribution is -2.53. The second kappa shape index (κ2) is 14.5. The molecule has 3 aromatic rings. The van der Waals surface area contributed by atoms with Crippen molar-refractivity contribution >= 4 is 50.7 Å². The van der Waals surface area contributed by atoms with E-state index in [4.69, 9.17) is 27.9 Å². The first-order chi connectivity index (χ1) is 20.5. The minimum absolute atomic E-state index is 0.0282. The van der Waals surface area contributed by atoms with Crippen LogP contribution in [-0.2, 0) is 26.2 Å². The molecule has 3 aromatic carbocycles. The molecule has 0 unspecified atom stereocenters. The topological polar surface area (TPSA) is 96.0 Å². The second-order valence-corrected chi connectivity index (χ2v) is 13.3. The molecule has 0 aromatic heterocycles. The van der Waals surface area contributed by atoms with E-state index in [-0.39, 0.29) is 29.1 Å². The molecule has 230 valence electrons. The lowest BCUT2D eigenvalue weighted by atomic mass is 10.1. The van der Waals surface area contributed by atoms with Gasteiger partial charge in [0.2, 0.25) is 11.8 Å². The molecule has 8 nitrogen and oxygen atoms in total. The molecular weight excluding hydrogens is 609 g/mol. The van der Waals surface area contributed by atoms with Gasteiger partial charge in [0.1, 0.15) is 18.3 Å². The van der Waals surface area contributed by atoms with Crippen molar-refractivity contribution < 1.29 is 22.7 Å². The first kappa shape index (κ1) is 32.6. The number of halogens is 2. The maximum atomic E-state index is 14.3. The van der Waals surface area contributed by atoms with E-state index in [2.05, 4.69) is 5.32 Å². The molecule has 1 saturated carbocycles. The summed E-state index contributed by atoms with van der Waals surface area (Å²) in [7, 11) is -2.73. The van der Waals surface area contributed by atoms with E-state index in [1.807, 2.05) is 13.8 Å². The quantitative estimate of drug-likeness (QED) is 0.247. The molecule has 1 fully saturated rings. The summed E-state index contributed by atoms with van der Waals surface area (Å²) in [6, 6.07) is 17.1. The minimum atomic E-state index is -4.21. The van der Waals surface area contributed by atoms with Gasteiger partial charge < -0.3 is 15.0 Å². The van der Waals surface area contributed by atoms with Crippen molar-refractivity contribution in [2.24, 2.45) is 0 Å². The summed E-state index contributed by atoms with van der Waals surface area (Å²) in [4.78, 5) is 29.3. The number of amides is 2. The Bertz CT molecular complexity index is 1520. The van der Waals surface area contributed by atoms with E-state index in [1.54, 1.807) is 54.6 Å². The first-order valence-corrected chi connectivity index (χ1v) is 16.5. The van der Waals surface area contributed by atoms with Crippen LogP contribution < -0.4 is 14.4 Å². The fourth-order valence-corrected chi connectivity index (χ4v) is 7.20. The van der Waals surface area contributed by atoms with Crippen molar-refractivity contribution in [3.05, 3.63) is 87.9 Å². The van der Waals surface area contributed by atoms with Crippen LogP contribution in [0, 0.1) is 6.92 Å². The van der Waals surface area contributed by atoms with Crippen LogP contribution in [0.25, 0.3) is 0 Å². The van der Waals surface area contributed by atoms with Gasteiger partial charge in [-0.05, 0) is 62.6 Å². The zero-order valence-corrected chi connectivity index (χ0v) is 26.9. The number of nitrogens with one attached hydrogen (secondary N) is 1. The lowest BCUT2D eigenvalue weighted by molar-refractivity contribution is -0.140. The van der Waals surface area contributed by atoms with Gasteiger partial charge in [0.25, 0.3) is 10.0 Å². The number of carbonyl (C=O) groups is 2. The van der Waals surface area contributed by atoms with Gasteiger partial charge >= 0.3 is 0 Å². The van der Waals surface area contributed by atoms with Crippen LogP contribution in [0.3, 0.4) is 0 Å². The molecule has 4 rings (SSSR count). The third-order valence-electron chi connectivity index (χ3n) is 7.71. The van der Waals surface area contributed by atoms with Crippen LogP contribution in [0.15, 0.2) is 71.6 Å². The molecule has 1 aliphatic rings. The van der Waals surface area contributed by atoms with Crippen molar-refractivity contribution in [2.75, 3.05) is 18.0 Å². The number of ether oxygens (including phenoxy) is 1. The van der Waals surface area contributed by atoms with Crippen LogP contribution in [0.4, 0.5) is 5.69 Å². The summed E-state index contributed by atoms with van der Waals surface area (Å²) >= 11 is 13.0. The van der Waals surface area contributed by atoms with Crippen molar-refractivity contribution in [3.63, 3.8) is 0 Å². The zero-order chi connectivity index (χ0) is 31.1. The highest BCUT2D eigenvalue weighted by molar-refractivity contribution is 7.92. The van der Waals surface area contributed by atoms with E-state index in [9.17, 15) is 18.0 Å². The fraction of sp³-hybridized carbons (Fsp3) is 0.375. The molecule has 0 aliphatic heterocycles. The van der Waals surface area contributed by atoms with Gasteiger partial charge in [0.05, 0.1) is 17.7 Å². The normalized spacial score (nSPS) is 14.3. The molecule has 1 atom stereocenters. The van der Waals surface area contributed by atoms with E-state index >= 15 is 0 Å². The van der Waals surface area contributed by atoms with Crippen molar-refractivity contribution in [1.82, 2.24) is 10.2 Å². The number of hydrogen-bond donors (Lipinski definition) is 1. The number of sulfonamides is 1. The molecular formula is C32H37Cl2N3O5S. The summed E-state index contributed by atoms with van der Waals surface area (Å²) in [6.07, 6.45) is 4.13. The summed E-state index contributed by atoms with van der Waals surface area (Å²) in [5.74, 6) is -0.445. The molecule has 43 heavy (non-hydrogen) atoms. The standard InChI is InChI=1S/C32H37Cl2N3O5S/c1-4-30(32(39)35-23-9-5-6-10-23)36(20-27-28(33)13-8-14-29(27)34)31(38)21-37(24-11-7-12-25(19-24)42-3)43(40,41)26-17-15-22(2)16-18-26/h7-8,11-19,23,30H,4-6,9-10,20-21H2,1-3H3,(H,35,39)/t30-/m1/s1. The van der Waals surface area contributed by atoms with Crippen LogP contribution >= 0.6 is 23.2 Å². The number of hydrogen-bond acceptors (Lipinski definition) is 5. The highest BCUT2D eigenvalue weighted by Gasteiger charge is 2.35. The third-order valence-corrected chi connectivity index (χ3v) is 10.2. The predicted octanol–water partition coefficient (Wildman–Crippen LogP) is 6.37. The van der Waals surface area contributed by atoms with Crippen LogP contribution in [0.2, 0.25) is 10.0 Å². The Balaban J connectivity index is 1.76. The van der Waals surface area contributed by atoms with Gasteiger partial charge in [0.15, 0.2) is 0 Å². The second-order valence-electron chi connectivity index (χ2n) is 10.7. The molecule has 2 amide bonds. The third kappa shape index (κ3) is 7.82. The summed E-state index contributed by atoms with van der Waals surface area (Å²) in [6.45, 7) is 3.03. The van der Waals surface area contributed by atoms with E-state index < -0.39 is 28.5 Å². The molecule has 0 radical (unpaired) electrons. The highest BCUT2D eigenvalue weighted by atomic mass is 35.5. The smallest absolute Gasteiger partial charge is 0.264 e. The molecule has 0 bridgehead atoms. The SMILES string of the molecule is CC[C@H](C(=O)NC1CCCC1)N(Cc1c(Cl)cccc1Cl)C(=O)CN(c1cccc(OC)c1)S(=O)(=O)c1ccc(C)cc1. The molecule has 11 heteroatoms. The van der Waals surface area contributed by atoms with Crippen molar-refractivity contribution in [1.29, 1.82) is 0 Å². The monoisotopic (exact) mass is 645 g/mol. The number of nitrogens with zero attached hydrogens (tertiary/aromatic N) is 2. The Morgan fingerprint density at radius 3 is 2.23 bits per heavy atom. The summed E-state index contributed by atoms with van der Waals surface area (Å²) in [5, 5.41) is 3.78. The van der Waals surface area contributed by atoms with Crippen molar-refractivity contribution in [3.8, 4) is 5.75 Å². The predicted molar refractivity (Wildman–Crippen MR) is 170 cm³/mol. The number of methoxy groups -OCH3 is 1. The first-order valence-electron chi connectivity index (χ1n) is 14.3. The largest absolute Gasteiger partial charge is 0.497 e. The molecule has 0 saturated heterocycles. The lowest BCUT2D eigenvalue weighted by Gasteiger charge is -2.34. The molecule has 1 N–H and O–H groups in total. The molecule has 0 spiro atoms. The van der Waals surface area contributed by atoms with Gasteiger partial charge in [-0.25, -0.2) is 8.42 Å². The van der Waals surface area contributed by atoms with Crippen LogP contribution in [-0.4, -0.2) is 50.9 Å². The van der Waals surface area contributed by atoms with Crippen molar-refractivity contribution in [2.45, 2.75) is 69.5 Å². The Morgan fingerprint density at radius 2 is 1.63 bits per heavy atom. The average Bonchev–Trinajstić information content (AvgIpc) is 3.50.